The molecule has 0 saturated carbocycles. The van der Waals surface area contributed by atoms with Crippen molar-refractivity contribution in [3.8, 4) is 0 Å². The lowest BCUT2D eigenvalue weighted by atomic mass is 9.82. The summed E-state index contributed by atoms with van der Waals surface area (Å²) in [6, 6.07) is 0.472. The van der Waals surface area contributed by atoms with Gasteiger partial charge >= 0.3 is 0 Å². The van der Waals surface area contributed by atoms with Crippen molar-refractivity contribution in [1.29, 1.82) is 0 Å². The normalized spacial score (nSPS) is 27.6. The first-order chi connectivity index (χ1) is 7.80. The van der Waals surface area contributed by atoms with Crippen LogP contribution in [0.3, 0.4) is 0 Å². The maximum Gasteiger partial charge on any atom is 0.223 e. The average Bonchev–Trinajstić information content (AvgIpc) is 2.24. The molecule has 0 aromatic carbocycles. The van der Waals surface area contributed by atoms with Crippen LogP contribution in [0, 0.1) is 17.3 Å². The lowest BCUT2D eigenvalue weighted by molar-refractivity contribution is -0.126. The molecule has 0 aliphatic carbocycles. The van der Waals surface area contributed by atoms with Crippen LogP contribution in [-0.2, 0) is 4.79 Å². The summed E-state index contributed by atoms with van der Waals surface area (Å²) in [7, 11) is 0. The fourth-order valence-corrected chi connectivity index (χ4v) is 2.07. The van der Waals surface area contributed by atoms with Gasteiger partial charge in [0.25, 0.3) is 0 Å². The Morgan fingerprint density at radius 2 is 2.12 bits per heavy atom. The van der Waals surface area contributed by atoms with Crippen LogP contribution in [0.2, 0.25) is 0 Å². The number of piperidine rings is 1. The lowest BCUT2D eigenvalue weighted by Gasteiger charge is -2.30. The van der Waals surface area contributed by atoms with Gasteiger partial charge in [0.1, 0.15) is 0 Å². The number of carbonyl (C=O) groups is 1. The minimum absolute atomic E-state index is 0.207. The van der Waals surface area contributed by atoms with Crippen molar-refractivity contribution in [2.24, 2.45) is 17.3 Å². The maximum atomic E-state index is 12.0. The van der Waals surface area contributed by atoms with Gasteiger partial charge in [-0.3, -0.25) is 4.79 Å². The summed E-state index contributed by atoms with van der Waals surface area (Å²) in [5.74, 6) is 0.957. The molecule has 1 fully saturated rings. The molecule has 100 valence electrons. The van der Waals surface area contributed by atoms with E-state index in [1.807, 2.05) is 0 Å². The summed E-state index contributed by atoms with van der Waals surface area (Å²) >= 11 is 0. The Labute approximate surface area is 106 Å². The number of hydrogen-bond donors (Lipinski definition) is 2. The van der Waals surface area contributed by atoms with Gasteiger partial charge < -0.3 is 10.6 Å². The van der Waals surface area contributed by atoms with Gasteiger partial charge in [0, 0.05) is 18.5 Å². The van der Waals surface area contributed by atoms with Gasteiger partial charge in [0.2, 0.25) is 5.91 Å². The molecule has 0 aromatic rings. The number of hydrogen-bond acceptors (Lipinski definition) is 2. The molecule has 0 spiro atoms. The van der Waals surface area contributed by atoms with E-state index in [0.29, 0.717) is 12.0 Å². The zero-order chi connectivity index (χ0) is 13.1. The third-order valence-electron chi connectivity index (χ3n) is 4.06. The van der Waals surface area contributed by atoms with E-state index < -0.39 is 0 Å². The van der Waals surface area contributed by atoms with Crippen LogP contribution >= 0.6 is 0 Å². The van der Waals surface area contributed by atoms with E-state index in [-0.39, 0.29) is 17.2 Å². The second kappa shape index (κ2) is 5.85. The molecule has 3 nitrogen and oxygen atoms in total. The average molecular weight is 240 g/mol. The largest absolute Gasteiger partial charge is 0.356 e. The van der Waals surface area contributed by atoms with E-state index in [9.17, 15) is 4.79 Å². The lowest BCUT2D eigenvalue weighted by Crippen LogP contribution is -2.44. The Balaban J connectivity index is 2.34. The van der Waals surface area contributed by atoms with Gasteiger partial charge in [-0.1, -0.05) is 27.7 Å². The highest BCUT2D eigenvalue weighted by molar-refractivity contribution is 5.78. The summed E-state index contributed by atoms with van der Waals surface area (Å²) in [6.45, 7) is 12.8. The Morgan fingerprint density at radius 1 is 1.47 bits per heavy atom. The van der Waals surface area contributed by atoms with Crippen LogP contribution in [0.1, 0.15) is 47.5 Å². The van der Waals surface area contributed by atoms with Gasteiger partial charge in [0.05, 0.1) is 0 Å². The smallest absolute Gasteiger partial charge is 0.223 e. The van der Waals surface area contributed by atoms with Crippen molar-refractivity contribution in [2.45, 2.75) is 53.5 Å². The van der Waals surface area contributed by atoms with Gasteiger partial charge in [-0.2, -0.15) is 0 Å². The first-order valence-corrected chi connectivity index (χ1v) is 6.81. The molecule has 3 unspecified atom stereocenters. The third kappa shape index (κ3) is 4.66. The molecule has 1 amide bonds. The molecule has 3 heteroatoms. The molecule has 17 heavy (non-hydrogen) atoms. The van der Waals surface area contributed by atoms with Crippen LogP contribution in [0.5, 0.6) is 0 Å². The zero-order valence-corrected chi connectivity index (χ0v) is 12.0. The quantitative estimate of drug-likeness (QED) is 0.794. The van der Waals surface area contributed by atoms with Crippen molar-refractivity contribution in [3.05, 3.63) is 0 Å². The molecule has 1 heterocycles. The molecule has 2 N–H and O–H groups in total. The predicted molar refractivity (Wildman–Crippen MR) is 71.8 cm³/mol. The Kier molecular flexibility index (Phi) is 4.99. The molecular weight excluding hydrogens is 212 g/mol. The highest BCUT2D eigenvalue weighted by atomic mass is 16.1. The first-order valence-electron chi connectivity index (χ1n) is 6.81. The summed E-state index contributed by atoms with van der Waals surface area (Å²) in [5, 5.41) is 6.49. The van der Waals surface area contributed by atoms with E-state index in [1.165, 1.54) is 0 Å². The SMILES string of the molecule is CC1CC(C(=O)NCC(C)C(C)(C)C)CCN1. The maximum absolute atomic E-state index is 12.0. The third-order valence-corrected chi connectivity index (χ3v) is 4.06. The summed E-state index contributed by atoms with van der Waals surface area (Å²) in [4.78, 5) is 12.0. The van der Waals surface area contributed by atoms with E-state index >= 15 is 0 Å². The van der Waals surface area contributed by atoms with E-state index in [4.69, 9.17) is 0 Å². The topological polar surface area (TPSA) is 41.1 Å². The predicted octanol–water partition coefficient (Wildman–Crippen LogP) is 2.17. The monoisotopic (exact) mass is 240 g/mol. The van der Waals surface area contributed by atoms with E-state index in [2.05, 4.69) is 45.3 Å². The first kappa shape index (κ1) is 14.5. The van der Waals surface area contributed by atoms with Gasteiger partial charge in [-0.15, -0.1) is 0 Å². The van der Waals surface area contributed by atoms with E-state index in [1.54, 1.807) is 0 Å². The standard InChI is InChI=1S/C14H28N2O/c1-10(14(3,4)5)9-16-13(17)12-6-7-15-11(2)8-12/h10-12,15H,6-9H2,1-5H3,(H,16,17). The van der Waals surface area contributed by atoms with Crippen molar-refractivity contribution in [1.82, 2.24) is 10.6 Å². The van der Waals surface area contributed by atoms with Crippen molar-refractivity contribution in [2.75, 3.05) is 13.1 Å². The van der Waals surface area contributed by atoms with Gasteiger partial charge in [-0.05, 0) is 37.6 Å². The van der Waals surface area contributed by atoms with Crippen molar-refractivity contribution >= 4 is 5.91 Å². The fraction of sp³-hybridized carbons (Fsp3) is 0.929. The molecule has 0 radical (unpaired) electrons. The van der Waals surface area contributed by atoms with Crippen LogP contribution < -0.4 is 10.6 Å². The minimum atomic E-state index is 0.207. The number of nitrogens with one attached hydrogen (secondary N) is 2. The Morgan fingerprint density at radius 3 is 2.65 bits per heavy atom. The Hall–Kier alpha value is -0.570. The molecule has 1 saturated heterocycles. The van der Waals surface area contributed by atoms with Gasteiger partial charge in [-0.25, -0.2) is 0 Å². The van der Waals surface area contributed by atoms with Crippen LogP contribution in [-0.4, -0.2) is 25.0 Å². The van der Waals surface area contributed by atoms with Gasteiger partial charge in [0.15, 0.2) is 0 Å². The fourth-order valence-electron chi connectivity index (χ4n) is 2.07. The zero-order valence-electron chi connectivity index (χ0n) is 12.0. The molecule has 0 aromatic heterocycles. The van der Waals surface area contributed by atoms with Crippen LogP contribution in [0.4, 0.5) is 0 Å². The van der Waals surface area contributed by atoms with Crippen molar-refractivity contribution in [3.63, 3.8) is 0 Å². The molecule has 1 aliphatic rings. The Bertz CT molecular complexity index is 257. The molecule has 1 aliphatic heterocycles. The summed E-state index contributed by atoms with van der Waals surface area (Å²) < 4.78 is 0. The van der Waals surface area contributed by atoms with Crippen LogP contribution in [0.25, 0.3) is 0 Å². The summed E-state index contributed by atoms with van der Waals surface area (Å²) in [6.07, 6.45) is 1.94. The highest BCUT2D eigenvalue weighted by Crippen LogP contribution is 2.24. The minimum Gasteiger partial charge on any atom is -0.356 e. The number of carbonyl (C=O) groups excluding carboxylic acids is 1. The number of amides is 1. The van der Waals surface area contributed by atoms with E-state index in [0.717, 1.165) is 25.9 Å². The second-order valence-electron chi connectivity index (χ2n) is 6.59. The van der Waals surface area contributed by atoms with Crippen LogP contribution in [0.15, 0.2) is 0 Å². The van der Waals surface area contributed by atoms with Crippen molar-refractivity contribution < 1.29 is 4.79 Å². The molecule has 3 atom stereocenters. The molecule has 1 rings (SSSR count). The summed E-state index contributed by atoms with van der Waals surface area (Å²) in [5.41, 5.74) is 0.259. The highest BCUT2D eigenvalue weighted by Gasteiger charge is 2.26. The molecule has 0 bridgehead atoms. The number of rotatable bonds is 3. The second-order valence-corrected chi connectivity index (χ2v) is 6.59. The molecular formula is C14H28N2O.